The van der Waals surface area contributed by atoms with E-state index in [9.17, 15) is 4.79 Å². The third-order valence-electron chi connectivity index (χ3n) is 3.77. The lowest BCUT2D eigenvalue weighted by atomic mass is 10.1. The molecule has 3 rings (SSSR count). The number of carbonyl (C=O) groups excluding carboxylic acids is 1. The number of nitrogens with one attached hydrogen (secondary N) is 1. The minimum atomic E-state index is -0.307. The van der Waals surface area contributed by atoms with Gasteiger partial charge in [-0.15, -0.1) is 0 Å². The molecule has 0 atom stereocenters. The summed E-state index contributed by atoms with van der Waals surface area (Å²) in [5, 5.41) is 0.815. The van der Waals surface area contributed by atoms with Gasteiger partial charge in [0.2, 0.25) is 0 Å². The van der Waals surface area contributed by atoms with Gasteiger partial charge in [-0.05, 0) is 50.1 Å². The van der Waals surface area contributed by atoms with Crippen LogP contribution in [0, 0.1) is 13.8 Å². The monoisotopic (exact) mass is 341 g/mol. The molecule has 24 heavy (non-hydrogen) atoms. The zero-order valence-electron chi connectivity index (χ0n) is 13.9. The standard InChI is InChI=1S/C18H19N3O2S/c1-4-23-17(22)13-9-15-14(8-12(13)3)20-18(21-15)24-10-16-11(2)6-5-7-19-16/h5-9H,4,10H2,1-3H3,(H,20,21). The van der Waals surface area contributed by atoms with Crippen molar-refractivity contribution < 1.29 is 9.53 Å². The maximum atomic E-state index is 12.0. The van der Waals surface area contributed by atoms with Crippen LogP contribution in [0.4, 0.5) is 0 Å². The summed E-state index contributed by atoms with van der Waals surface area (Å²) in [4.78, 5) is 24.3. The zero-order valence-corrected chi connectivity index (χ0v) is 14.7. The highest BCUT2D eigenvalue weighted by atomic mass is 32.2. The molecule has 0 amide bonds. The van der Waals surface area contributed by atoms with Gasteiger partial charge in [-0.2, -0.15) is 0 Å². The zero-order chi connectivity index (χ0) is 17.1. The second-order valence-corrected chi connectivity index (χ2v) is 6.47. The number of aromatic nitrogens is 3. The van der Waals surface area contributed by atoms with Gasteiger partial charge in [0, 0.05) is 11.9 Å². The van der Waals surface area contributed by atoms with E-state index >= 15 is 0 Å². The normalized spacial score (nSPS) is 11.0. The molecule has 0 aliphatic rings. The van der Waals surface area contributed by atoms with E-state index in [-0.39, 0.29) is 5.97 Å². The lowest BCUT2D eigenvalue weighted by molar-refractivity contribution is 0.0525. The van der Waals surface area contributed by atoms with Gasteiger partial charge in [0.1, 0.15) is 0 Å². The molecule has 0 radical (unpaired) electrons. The first kappa shape index (κ1) is 16.5. The van der Waals surface area contributed by atoms with Crippen LogP contribution in [-0.4, -0.2) is 27.5 Å². The van der Waals surface area contributed by atoms with Gasteiger partial charge in [-0.1, -0.05) is 17.8 Å². The smallest absolute Gasteiger partial charge is 0.338 e. The van der Waals surface area contributed by atoms with Gasteiger partial charge in [0.15, 0.2) is 5.16 Å². The summed E-state index contributed by atoms with van der Waals surface area (Å²) in [6.45, 7) is 6.11. The predicted molar refractivity (Wildman–Crippen MR) is 95.3 cm³/mol. The molecule has 0 bridgehead atoms. The minimum absolute atomic E-state index is 0.307. The largest absolute Gasteiger partial charge is 0.462 e. The van der Waals surface area contributed by atoms with E-state index < -0.39 is 0 Å². The Morgan fingerprint density at radius 3 is 2.88 bits per heavy atom. The number of aromatic amines is 1. The summed E-state index contributed by atoms with van der Waals surface area (Å²) < 4.78 is 5.09. The molecule has 3 aromatic rings. The Kier molecular flexibility index (Phi) is 4.85. The molecule has 0 aliphatic carbocycles. The molecule has 0 spiro atoms. The van der Waals surface area contributed by atoms with Crippen molar-refractivity contribution in [3.05, 3.63) is 52.8 Å². The number of imidazole rings is 1. The fourth-order valence-electron chi connectivity index (χ4n) is 2.45. The average Bonchev–Trinajstić information content (AvgIpc) is 2.95. The van der Waals surface area contributed by atoms with Crippen molar-refractivity contribution in [3.63, 3.8) is 0 Å². The molecule has 1 aromatic carbocycles. The highest BCUT2D eigenvalue weighted by molar-refractivity contribution is 7.98. The first-order valence-electron chi connectivity index (χ1n) is 7.79. The summed E-state index contributed by atoms with van der Waals surface area (Å²) in [6.07, 6.45) is 1.80. The second-order valence-electron chi connectivity index (χ2n) is 5.50. The number of carbonyl (C=O) groups is 1. The SMILES string of the molecule is CCOC(=O)c1cc2nc(SCc3ncccc3C)[nH]c2cc1C. The van der Waals surface area contributed by atoms with Gasteiger partial charge >= 0.3 is 5.97 Å². The van der Waals surface area contributed by atoms with Gasteiger partial charge in [0.25, 0.3) is 0 Å². The summed E-state index contributed by atoms with van der Waals surface area (Å²) in [7, 11) is 0. The van der Waals surface area contributed by atoms with Crippen molar-refractivity contribution in [1.29, 1.82) is 0 Å². The minimum Gasteiger partial charge on any atom is -0.462 e. The number of rotatable bonds is 5. The molecular formula is C18H19N3O2S. The van der Waals surface area contributed by atoms with Crippen molar-refractivity contribution in [3.8, 4) is 0 Å². The van der Waals surface area contributed by atoms with Crippen molar-refractivity contribution in [2.24, 2.45) is 0 Å². The van der Waals surface area contributed by atoms with E-state index in [1.165, 1.54) is 5.56 Å². The number of H-pyrrole nitrogens is 1. The average molecular weight is 341 g/mol. The Morgan fingerprint density at radius 1 is 1.29 bits per heavy atom. The quantitative estimate of drug-likeness (QED) is 0.560. The summed E-state index contributed by atoms with van der Waals surface area (Å²) in [5.74, 6) is 0.439. The van der Waals surface area contributed by atoms with E-state index in [0.29, 0.717) is 12.2 Å². The van der Waals surface area contributed by atoms with Crippen LogP contribution in [0.15, 0.2) is 35.6 Å². The third kappa shape index (κ3) is 3.43. The van der Waals surface area contributed by atoms with Crippen LogP contribution < -0.4 is 0 Å². The van der Waals surface area contributed by atoms with Gasteiger partial charge in [0.05, 0.1) is 28.9 Å². The lowest BCUT2D eigenvalue weighted by Crippen LogP contribution is -2.06. The molecule has 0 unspecified atom stereocenters. The molecule has 2 aromatic heterocycles. The maximum absolute atomic E-state index is 12.0. The van der Waals surface area contributed by atoms with Gasteiger partial charge in [-0.3, -0.25) is 4.98 Å². The Labute approximate surface area is 144 Å². The molecular weight excluding hydrogens is 322 g/mol. The number of pyridine rings is 1. The van der Waals surface area contributed by atoms with Crippen molar-refractivity contribution in [2.75, 3.05) is 6.61 Å². The van der Waals surface area contributed by atoms with Crippen LogP contribution in [-0.2, 0) is 10.5 Å². The number of aryl methyl sites for hydroxylation is 2. The second kappa shape index (κ2) is 7.05. The van der Waals surface area contributed by atoms with Crippen molar-refractivity contribution in [2.45, 2.75) is 31.7 Å². The summed E-state index contributed by atoms with van der Waals surface area (Å²) in [5.41, 5.74) is 5.34. The highest BCUT2D eigenvalue weighted by Crippen LogP contribution is 2.25. The molecule has 0 fully saturated rings. The summed E-state index contributed by atoms with van der Waals surface area (Å²) >= 11 is 1.60. The van der Waals surface area contributed by atoms with Crippen LogP contribution >= 0.6 is 11.8 Å². The molecule has 1 N–H and O–H groups in total. The Morgan fingerprint density at radius 2 is 2.12 bits per heavy atom. The van der Waals surface area contributed by atoms with Crippen molar-refractivity contribution >= 4 is 28.8 Å². The number of nitrogens with zero attached hydrogens (tertiary/aromatic N) is 2. The lowest BCUT2D eigenvalue weighted by Gasteiger charge is -2.04. The van der Waals surface area contributed by atoms with E-state index in [2.05, 4.69) is 27.9 Å². The van der Waals surface area contributed by atoms with Crippen molar-refractivity contribution in [1.82, 2.24) is 15.0 Å². The molecule has 0 saturated carbocycles. The molecule has 0 saturated heterocycles. The van der Waals surface area contributed by atoms with E-state index in [1.807, 2.05) is 19.1 Å². The molecule has 5 nitrogen and oxygen atoms in total. The van der Waals surface area contributed by atoms with Crippen LogP contribution in [0.3, 0.4) is 0 Å². The number of thioether (sulfide) groups is 1. The predicted octanol–water partition coefficient (Wildman–Crippen LogP) is 4.04. The van der Waals surface area contributed by atoms with Crippen LogP contribution in [0.25, 0.3) is 11.0 Å². The number of fused-ring (bicyclic) bond motifs is 1. The van der Waals surface area contributed by atoms with E-state index in [0.717, 1.165) is 33.2 Å². The molecule has 2 heterocycles. The number of benzene rings is 1. The Balaban J connectivity index is 1.83. The number of hydrogen-bond donors (Lipinski definition) is 1. The Bertz CT molecular complexity index is 889. The van der Waals surface area contributed by atoms with Crippen LogP contribution in [0.5, 0.6) is 0 Å². The number of ether oxygens (including phenoxy) is 1. The molecule has 124 valence electrons. The number of esters is 1. The summed E-state index contributed by atoms with van der Waals surface area (Å²) in [6, 6.07) is 7.71. The molecule has 0 aliphatic heterocycles. The fourth-order valence-corrected chi connectivity index (χ4v) is 3.37. The molecule has 6 heteroatoms. The highest BCUT2D eigenvalue weighted by Gasteiger charge is 2.14. The van der Waals surface area contributed by atoms with E-state index in [4.69, 9.17) is 4.74 Å². The van der Waals surface area contributed by atoms with E-state index in [1.54, 1.807) is 30.9 Å². The van der Waals surface area contributed by atoms with Gasteiger partial charge < -0.3 is 9.72 Å². The Hall–Kier alpha value is -2.34. The maximum Gasteiger partial charge on any atom is 0.338 e. The first-order valence-corrected chi connectivity index (χ1v) is 8.78. The van der Waals surface area contributed by atoms with Gasteiger partial charge in [-0.25, -0.2) is 9.78 Å². The topological polar surface area (TPSA) is 67.9 Å². The fraction of sp³-hybridized carbons (Fsp3) is 0.278. The third-order valence-corrected chi connectivity index (χ3v) is 4.65. The first-order chi connectivity index (χ1) is 11.6. The van der Waals surface area contributed by atoms with Crippen LogP contribution in [0.2, 0.25) is 0 Å². The van der Waals surface area contributed by atoms with Crippen LogP contribution in [0.1, 0.15) is 34.1 Å². The number of hydrogen-bond acceptors (Lipinski definition) is 5.